The smallest absolute Gasteiger partial charge is 0.463 e. The lowest BCUT2D eigenvalue weighted by atomic mass is 10.2. The van der Waals surface area contributed by atoms with Crippen LogP contribution in [-0.4, -0.2) is 67.4 Å². The van der Waals surface area contributed by atoms with Gasteiger partial charge in [0.1, 0.15) is 5.75 Å². The summed E-state index contributed by atoms with van der Waals surface area (Å²) in [7, 11) is 0. The summed E-state index contributed by atoms with van der Waals surface area (Å²) < 4.78 is 57.1. The van der Waals surface area contributed by atoms with Crippen LogP contribution >= 0.6 is 0 Å². The summed E-state index contributed by atoms with van der Waals surface area (Å²) in [4.78, 5) is 12.8. The molecule has 1 heterocycles. The quantitative estimate of drug-likeness (QED) is 0.286. The van der Waals surface area contributed by atoms with E-state index in [0.717, 1.165) is 12.8 Å². The van der Waals surface area contributed by atoms with Crippen molar-refractivity contribution in [3.8, 4) is 11.8 Å². The Morgan fingerprint density at radius 2 is 1.56 bits per heavy atom. The SMILES string of the molecule is CCCCOc1nc(NCCOCCOCCN)nc(NCc2ccc(OC(F)(F)F)cc2)n1. The minimum atomic E-state index is -4.73. The van der Waals surface area contributed by atoms with Gasteiger partial charge in [-0.2, -0.15) is 15.0 Å². The van der Waals surface area contributed by atoms with Gasteiger partial charge >= 0.3 is 12.4 Å². The first-order valence-electron chi connectivity index (χ1n) is 11.0. The second-order valence-corrected chi connectivity index (χ2v) is 6.95. The topological polar surface area (TPSA) is 126 Å². The molecule has 0 aliphatic carbocycles. The van der Waals surface area contributed by atoms with Crippen LogP contribution in [0.2, 0.25) is 0 Å². The molecule has 0 fully saturated rings. The van der Waals surface area contributed by atoms with E-state index in [2.05, 4.69) is 30.3 Å². The zero-order valence-electron chi connectivity index (χ0n) is 19.1. The van der Waals surface area contributed by atoms with Crippen LogP contribution in [0.5, 0.6) is 11.8 Å². The van der Waals surface area contributed by atoms with Crippen molar-refractivity contribution < 1.29 is 32.1 Å². The summed E-state index contributed by atoms with van der Waals surface area (Å²) in [5.74, 6) is 0.277. The Kier molecular flexibility index (Phi) is 12.1. The zero-order valence-corrected chi connectivity index (χ0v) is 19.1. The third-order valence-electron chi connectivity index (χ3n) is 4.12. The van der Waals surface area contributed by atoms with Crippen LogP contribution in [-0.2, 0) is 16.0 Å². The molecule has 0 saturated heterocycles. The van der Waals surface area contributed by atoms with Crippen LogP contribution in [0.3, 0.4) is 0 Å². The Balaban J connectivity index is 1.90. The summed E-state index contributed by atoms with van der Waals surface area (Å²) >= 11 is 0. The molecule has 0 radical (unpaired) electrons. The van der Waals surface area contributed by atoms with Crippen LogP contribution in [0.25, 0.3) is 0 Å². The highest BCUT2D eigenvalue weighted by atomic mass is 19.4. The number of aromatic nitrogens is 3. The fourth-order valence-electron chi connectivity index (χ4n) is 2.52. The van der Waals surface area contributed by atoms with Gasteiger partial charge in [0, 0.05) is 19.6 Å². The van der Waals surface area contributed by atoms with E-state index in [0.29, 0.717) is 57.6 Å². The molecule has 0 saturated carbocycles. The Bertz CT molecular complexity index is 827. The molecule has 0 atom stereocenters. The number of halogens is 3. The number of nitrogens with zero attached hydrogens (tertiary/aromatic N) is 3. The molecule has 13 heteroatoms. The van der Waals surface area contributed by atoms with Crippen molar-refractivity contribution in [3.63, 3.8) is 0 Å². The highest BCUT2D eigenvalue weighted by Crippen LogP contribution is 2.23. The molecular weight excluding hydrogens is 457 g/mol. The normalized spacial score (nSPS) is 11.3. The largest absolute Gasteiger partial charge is 0.573 e. The lowest BCUT2D eigenvalue weighted by Gasteiger charge is -2.12. The summed E-state index contributed by atoms with van der Waals surface area (Å²) in [5.41, 5.74) is 6.06. The average Bonchev–Trinajstić information content (AvgIpc) is 2.79. The maximum absolute atomic E-state index is 12.3. The van der Waals surface area contributed by atoms with Crippen molar-refractivity contribution >= 4 is 11.9 Å². The number of alkyl halides is 3. The predicted molar refractivity (Wildman–Crippen MR) is 120 cm³/mol. The van der Waals surface area contributed by atoms with Gasteiger partial charge in [0.2, 0.25) is 11.9 Å². The van der Waals surface area contributed by atoms with Gasteiger partial charge in [-0.05, 0) is 24.1 Å². The molecule has 0 bridgehead atoms. The summed E-state index contributed by atoms with van der Waals surface area (Å²) in [5, 5.41) is 6.08. The van der Waals surface area contributed by atoms with Crippen molar-refractivity contribution in [1.29, 1.82) is 0 Å². The molecule has 4 N–H and O–H groups in total. The Labute approximate surface area is 196 Å². The average molecular weight is 489 g/mol. The van der Waals surface area contributed by atoms with Crippen molar-refractivity contribution in [1.82, 2.24) is 15.0 Å². The highest BCUT2D eigenvalue weighted by Gasteiger charge is 2.30. The molecule has 10 nitrogen and oxygen atoms in total. The molecule has 1 aromatic carbocycles. The number of hydrogen-bond donors (Lipinski definition) is 3. The molecule has 0 unspecified atom stereocenters. The van der Waals surface area contributed by atoms with E-state index in [9.17, 15) is 13.2 Å². The van der Waals surface area contributed by atoms with E-state index in [1.54, 1.807) is 0 Å². The molecular formula is C21H31F3N6O4. The van der Waals surface area contributed by atoms with Crippen LogP contribution in [0.4, 0.5) is 25.1 Å². The van der Waals surface area contributed by atoms with E-state index in [-0.39, 0.29) is 24.3 Å². The van der Waals surface area contributed by atoms with Gasteiger partial charge in [0.25, 0.3) is 0 Å². The number of benzene rings is 1. The maximum atomic E-state index is 12.3. The molecule has 2 aromatic rings. The second-order valence-electron chi connectivity index (χ2n) is 6.95. The minimum Gasteiger partial charge on any atom is -0.463 e. The van der Waals surface area contributed by atoms with Gasteiger partial charge in [0.15, 0.2) is 0 Å². The molecule has 1 aromatic heterocycles. The molecule has 0 aliphatic rings. The maximum Gasteiger partial charge on any atom is 0.573 e. The van der Waals surface area contributed by atoms with Crippen LogP contribution in [0.15, 0.2) is 24.3 Å². The summed E-state index contributed by atoms with van der Waals surface area (Å²) in [6.45, 7) is 5.53. The number of hydrogen-bond acceptors (Lipinski definition) is 10. The fourth-order valence-corrected chi connectivity index (χ4v) is 2.52. The van der Waals surface area contributed by atoms with E-state index in [1.807, 2.05) is 6.92 Å². The number of rotatable bonds is 17. The van der Waals surface area contributed by atoms with Crippen molar-refractivity contribution in [2.45, 2.75) is 32.7 Å². The van der Waals surface area contributed by atoms with Gasteiger partial charge in [-0.1, -0.05) is 25.5 Å². The first kappa shape index (κ1) is 27.3. The van der Waals surface area contributed by atoms with Gasteiger partial charge in [-0.15, -0.1) is 13.2 Å². The Morgan fingerprint density at radius 3 is 2.21 bits per heavy atom. The number of unbranched alkanes of at least 4 members (excludes halogenated alkanes) is 1. The minimum absolute atomic E-state index is 0.165. The van der Waals surface area contributed by atoms with Crippen molar-refractivity contribution in [2.75, 3.05) is 56.8 Å². The molecule has 0 amide bonds. The Morgan fingerprint density at radius 1 is 0.882 bits per heavy atom. The van der Waals surface area contributed by atoms with Crippen LogP contribution in [0, 0.1) is 0 Å². The first-order chi connectivity index (χ1) is 16.4. The predicted octanol–water partition coefficient (Wildman–Crippen LogP) is 2.97. The van der Waals surface area contributed by atoms with E-state index < -0.39 is 6.36 Å². The number of nitrogens with one attached hydrogen (secondary N) is 2. The Hall–Kier alpha value is -2.90. The van der Waals surface area contributed by atoms with Crippen LogP contribution < -0.4 is 25.8 Å². The number of ether oxygens (including phenoxy) is 4. The van der Waals surface area contributed by atoms with E-state index in [1.165, 1.54) is 24.3 Å². The fraction of sp³-hybridized carbons (Fsp3) is 0.571. The third kappa shape index (κ3) is 11.8. The molecule has 34 heavy (non-hydrogen) atoms. The highest BCUT2D eigenvalue weighted by molar-refractivity contribution is 5.37. The third-order valence-corrected chi connectivity index (χ3v) is 4.12. The van der Waals surface area contributed by atoms with Gasteiger partial charge in [-0.3, -0.25) is 0 Å². The second kappa shape index (κ2) is 15.1. The van der Waals surface area contributed by atoms with Gasteiger partial charge in [0.05, 0.1) is 33.0 Å². The van der Waals surface area contributed by atoms with Crippen molar-refractivity contribution in [3.05, 3.63) is 29.8 Å². The molecule has 0 spiro atoms. The lowest BCUT2D eigenvalue weighted by Crippen LogP contribution is -2.17. The first-order valence-corrected chi connectivity index (χ1v) is 11.0. The lowest BCUT2D eigenvalue weighted by molar-refractivity contribution is -0.274. The number of anilines is 2. The standard InChI is InChI=1S/C21H31F3N6O4/c1-2-3-10-33-20-29-18(26-9-12-32-14-13-31-11-8-25)28-19(30-20)27-15-16-4-6-17(7-5-16)34-21(22,23)24/h4-7H,2-3,8-15,25H2,1H3,(H2,26,27,28,29,30). The van der Waals surface area contributed by atoms with Gasteiger partial charge < -0.3 is 35.3 Å². The van der Waals surface area contributed by atoms with E-state index >= 15 is 0 Å². The monoisotopic (exact) mass is 488 g/mol. The van der Waals surface area contributed by atoms with Crippen LogP contribution in [0.1, 0.15) is 25.3 Å². The molecule has 2 rings (SSSR count). The molecule has 190 valence electrons. The summed E-state index contributed by atoms with van der Waals surface area (Å²) in [6.07, 6.45) is -2.92. The number of nitrogens with two attached hydrogens (primary N) is 1. The summed E-state index contributed by atoms with van der Waals surface area (Å²) in [6, 6.07) is 5.68. The van der Waals surface area contributed by atoms with Crippen molar-refractivity contribution in [2.24, 2.45) is 5.73 Å². The zero-order chi connectivity index (χ0) is 24.7. The molecule has 0 aliphatic heterocycles. The van der Waals surface area contributed by atoms with E-state index in [4.69, 9.17) is 19.9 Å². The van der Waals surface area contributed by atoms with Gasteiger partial charge in [-0.25, -0.2) is 0 Å².